The van der Waals surface area contributed by atoms with Gasteiger partial charge in [0.05, 0.1) is 19.2 Å². The molecule has 12 heavy (non-hydrogen) atoms. The highest BCUT2D eigenvalue weighted by Crippen LogP contribution is 2.07. The molecule has 0 aromatic carbocycles. The molecule has 1 rings (SSSR count). The molecule has 0 radical (unpaired) electrons. The standard InChI is InChI=1S/C8H17N3O/c1-9-11-5-4-10(2)8(6-11)7-12-3/h8H,1,4-7H2,2-3H3. The van der Waals surface area contributed by atoms with Crippen LogP contribution in [0, 0.1) is 0 Å². The van der Waals surface area contributed by atoms with Crippen molar-refractivity contribution < 1.29 is 4.74 Å². The van der Waals surface area contributed by atoms with Gasteiger partial charge in [0.1, 0.15) is 0 Å². The SMILES string of the molecule is C=NN1CCN(C)C(COC)C1. The van der Waals surface area contributed by atoms with Crippen LogP contribution in [0.25, 0.3) is 0 Å². The third kappa shape index (κ3) is 2.19. The molecule has 4 heteroatoms. The minimum atomic E-state index is 0.453. The molecule has 0 bridgehead atoms. The van der Waals surface area contributed by atoms with E-state index in [0.717, 1.165) is 26.2 Å². The molecule has 0 saturated carbocycles. The largest absolute Gasteiger partial charge is 0.383 e. The lowest BCUT2D eigenvalue weighted by Gasteiger charge is -2.37. The number of piperazine rings is 1. The number of hydrogen-bond acceptors (Lipinski definition) is 4. The van der Waals surface area contributed by atoms with Gasteiger partial charge in [-0.1, -0.05) is 0 Å². The Morgan fingerprint density at radius 1 is 1.58 bits per heavy atom. The van der Waals surface area contributed by atoms with Crippen LogP contribution in [0.2, 0.25) is 0 Å². The molecule has 4 nitrogen and oxygen atoms in total. The molecule has 1 unspecified atom stereocenters. The van der Waals surface area contributed by atoms with Gasteiger partial charge in [-0.3, -0.25) is 9.91 Å². The number of methoxy groups -OCH3 is 1. The summed E-state index contributed by atoms with van der Waals surface area (Å²) in [6.45, 7) is 7.22. The number of ether oxygens (including phenoxy) is 1. The molecule has 0 amide bonds. The summed E-state index contributed by atoms with van der Waals surface area (Å²) < 4.78 is 5.11. The lowest BCUT2D eigenvalue weighted by molar-refractivity contribution is 0.0421. The van der Waals surface area contributed by atoms with Crippen molar-refractivity contribution in [1.82, 2.24) is 9.91 Å². The third-order valence-electron chi connectivity index (χ3n) is 2.31. The molecular formula is C8H17N3O. The van der Waals surface area contributed by atoms with E-state index < -0.39 is 0 Å². The van der Waals surface area contributed by atoms with Crippen LogP contribution < -0.4 is 0 Å². The summed E-state index contributed by atoms with van der Waals surface area (Å²) in [5.74, 6) is 0. The molecule has 0 spiro atoms. The van der Waals surface area contributed by atoms with Crippen molar-refractivity contribution in [2.75, 3.05) is 40.4 Å². The lowest BCUT2D eigenvalue weighted by Crippen LogP contribution is -2.51. The quantitative estimate of drug-likeness (QED) is 0.553. The minimum absolute atomic E-state index is 0.453. The predicted molar refractivity (Wildman–Crippen MR) is 49.4 cm³/mol. The van der Waals surface area contributed by atoms with E-state index in [1.54, 1.807) is 7.11 Å². The second-order valence-corrected chi connectivity index (χ2v) is 3.14. The summed E-state index contributed by atoms with van der Waals surface area (Å²) in [5, 5.41) is 5.91. The van der Waals surface area contributed by atoms with Crippen molar-refractivity contribution in [2.24, 2.45) is 5.10 Å². The molecule has 1 saturated heterocycles. The molecule has 70 valence electrons. The summed E-state index contributed by atoms with van der Waals surface area (Å²) in [4.78, 5) is 2.30. The monoisotopic (exact) mass is 171 g/mol. The minimum Gasteiger partial charge on any atom is -0.383 e. The van der Waals surface area contributed by atoms with E-state index in [0.29, 0.717) is 6.04 Å². The van der Waals surface area contributed by atoms with Crippen LogP contribution in [0.4, 0.5) is 0 Å². The highest BCUT2D eigenvalue weighted by Gasteiger charge is 2.22. The normalized spacial score (nSPS) is 25.8. The smallest absolute Gasteiger partial charge is 0.0635 e. The lowest BCUT2D eigenvalue weighted by atomic mass is 10.2. The van der Waals surface area contributed by atoms with Gasteiger partial charge in [-0.05, 0) is 7.05 Å². The van der Waals surface area contributed by atoms with Crippen molar-refractivity contribution in [3.63, 3.8) is 0 Å². The zero-order valence-corrected chi connectivity index (χ0v) is 7.86. The van der Waals surface area contributed by atoms with E-state index in [1.807, 2.05) is 5.01 Å². The van der Waals surface area contributed by atoms with Crippen LogP contribution in [0.5, 0.6) is 0 Å². The Bertz CT molecular complexity index is 151. The van der Waals surface area contributed by atoms with Gasteiger partial charge < -0.3 is 4.74 Å². The predicted octanol–water partition coefficient (Wildman–Crippen LogP) is -0.136. The summed E-state index contributed by atoms with van der Waals surface area (Å²) in [6.07, 6.45) is 0. The fourth-order valence-electron chi connectivity index (χ4n) is 1.43. The maximum absolute atomic E-state index is 5.11. The van der Waals surface area contributed by atoms with Crippen molar-refractivity contribution in [1.29, 1.82) is 0 Å². The first kappa shape index (κ1) is 9.48. The number of hydrogen-bond donors (Lipinski definition) is 0. The third-order valence-corrected chi connectivity index (χ3v) is 2.31. The van der Waals surface area contributed by atoms with Gasteiger partial charge in [0.25, 0.3) is 0 Å². The fraction of sp³-hybridized carbons (Fsp3) is 0.875. The van der Waals surface area contributed by atoms with Gasteiger partial charge in [-0.2, -0.15) is 5.10 Å². The van der Waals surface area contributed by atoms with Crippen molar-refractivity contribution in [3.05, 3.63) is 0 Å². The summed E-state index contributed by atoms with van der Waals surface area (Å²) in [7, 11) is 3.85. The Balaban J connectivity index is 2.41. The Morgan fingerprint density at radius 3 is 2.92 bits per heavy atom. The van der Waals surface area contributed by atoms with Crippen LogP contribution in [-0.4, -0.2) is 63.1 Å². The maximum Gasteiger partial charge on any atom is 0.0635 e. The van der Waals surface area contributed by atoms with Gasteiger partial charge >= 0.3 is 0 Å². The zero-order valence-electron chi connectivity index (χ0n) is 7.86. The molecule has 0 N–H and O–H groups in total. The Kier molecular flexibility index (Phi) is 3.49. The molecule has 0 aliphatic carbocycles. The van der Waals surface area contributed by atoms with E-state index >= 15 is 0 Å². The topological polar surface area (TPSA) is 28.1 Å². The van der Waals surface area contributed by atoms with Crippen molar-refractivity contribution in [3.8, 4) is 0 Å². The van der Waals surface area contributed by atoms with Crippen LogP contribution in [0.15, 0.2) is 5.10 Å². The van der Waals surface area contributed by atoms with Crippen LogP contribution in [0.3, 0.4) is 0 Å². The number of rotatable bonds is 3. The van der Waals surface area contributed by atoms with Crippen molar-refractivity contribution >= 4 is 6.72 Å². The van der Waals surface area contributed by atoms with Gasteiger partial charge in [-0.25, -0.2) is 0 Å². The van der Waals surface area contributed by atoms with Crippen LogP contribution >= 0.6 is 0 Å². The maximum atomic E-state index is 5.11. The highest BCUT2D eigenvalue weighted by molar-refractivity contribution is 5.22. The first-order valence-corrected chi connectivity index (χ1v) is 4.18. The highest BCUT2D eigenvalue weighted by atomic mass is 16.5. The average molecular weight is 171 g/mol. The Hall–Kier alpha value is -0.610. The van der Waals surface area contributed by atoms with Crippen LogP contribution in [-0.2, 0) is 4.74 Å². The molecule has 1 fully saturated rings. The molecule has 1 aliphatic heterocycles. The Labute approximate surface area is 73.8 Å². The number of hydrazone groups is 1. The first-order chi connectivity index (χ1) is 5.77. The number of likely N-dealkylation sites (N-methyl/N-ethyl adjacent to an activating group) is 1. The summed E-state index contributed by atoms with van der Waals surface area (Å²) in [6, 6.07) is 0.453. The van der Waals surface area contributed by atoms with E-state index in [-0.39, 0.29) is 0 Å². The van der Waals surface area contributed by atoms with E-state index in [4.69, 9.17) is 4.74 Å². The summed E-state index contributed by atoms with van der Waals surface area (Å²) >= 11 is 0. The molecule has 1 heterocycles. The van der Waals surface area contributed by atoms with E-state index in [9.17, 15) is 0 Å². The average Bonchev–Trinajstić information content (AvgIpc) is 2.09. The zero-order chi connectivity index (χ0) is 8.97. The van der Waals surface area contributed by atoms with Crippen molar-refractivity contribution in [2.45, 2.75) is 6.04 Å². The first-order valence-electron chi connectivity index (χ1n) is 4.18. The molecule has 1 atom stereocenters. The number of nitrogens with zero attached hydrogens (tertiary/aromatic N) is 3. The Morgan fingerprint density at radius 2 is 2.33 bits per heavy atom. The second-order valence-electron chi connectivity index (χ2n) is 3.14. The van der Waals surface area contributed by atoms with E-state index in [2.05, 4.69) is 23.8 Å². The fourth-order valence-corrected chi connectivity index (χ4v) is 1.43. The molecule has 0 aromatic heterocycles. The summed E-state index contributed by atoms with van der Waals surface area (Å²) in [5.41, 5.74) is 0. The van der Waals surface area contributed by atoms with Gasteiger partial charge in [0.2, 0.25) is 0 Å². The molecule has 1 aliphatic rings. The molecule has 0 aromatic rings. The van der Waals surface area contributed by atoms with Gasteiger partial charge in [-0.15, -0.1) is 0 Å². The molecular weight excluding hydrogens is 154 g/mol. The van der Waals surface area contributed by atoms with E-state index in [1.165, 1.54) is 0 Å². The van der Waals surface area contributed by atoms with Gasteiger partial charge in [0, 0.05) is 26.9 Å². The van der Waals surface area contributed by atoms with Gasteiger partial charge in [0.15, 0.2) is 0 Å². The van der Waals surface area contributed by atoms with Crippen LogP contribution in [0.1, 0.15) is 0 Å². The second kappa shape index (κ2) is 4.42.